The van der Waals surface area contributed by atoms with Crippen LogP contribution in [-0.2, 0) is 9.84 Å². The van der Waals surface area contributed by atoms with Crippen LogP contribution in [-0.4, -0.2) is 23.0 Å². The van der Waals surface area contributed by atoms with E-state index in [1.165, 1.54) is 0 Å². The van der Waals surface area contributed by atoms with E-state index in [0.717, 1.165) is 11.8 Å². The van der Waals surface area contributed by atoms with Crippen molar-refractivity contribution >= 4 is 32.4 Å². The number of aryl methyl sites for hydroxylation is 1. The van der Waals surface area contributed by atoms with Crippen molar-refractivity contribution in [1.82, 2.24) is 0 Å². The quantitative estimate of drug-likeness (QED) is 0.675. The first kappa shape index (κ1) is 12.9. The fourth-order valence-corrected chi connectivity index (χ4v) is 2.28. The van der Waals surface area contributed by atoms with Gasteiger partial charge < -0.3 is 5.11 Å². The average molecular weight is 340 g/mol. The van der Waals surface area contributed by atoms with Crippen LogP contribution in [0.5, 0.6) is 0 Å². The number of rotatable bonds is 3. The van der Waals surface area contributed by atoms with Gasteiger partial charge in [0.2, 0.25) is 0 Å². The van der Waals surface area contributed by atoms with Crippen molar-refractivity contribution in [1.29, 1.82) is 0 Å². The first-order valence-electron chi connectivity index (χ1n) is 4.40. The van der Waals surface area contributed by atoms with E-state index in [-0.39, 0.29) is 0 Å². The minimum absolute atomic E-state index is 0.639. The van der Waals surface area contributed by atoms with Crippen LogP contribution in [0.15, 0.2) is 24.3 Å². The van der Waals surface area contributed by atoms with Gasteiger partial charge >= 0.3 is 0 Å². The van der Waals surface area contributed by atoms with Crippen molar-refractivity contribution in [3.05, 3.63) is 35.4 Å². The van der Waals surface area contributed by atoms with Crippen molar-refractivity contribution in [2.24, 2.45) is 0 Å². The molecule has 0 aliphatic heterocycles. The molecule has 84 valence electrons. The first-order valence-corrected chi connectivity index (χ1v) is 7.60. The Balaban J connectivity index is 3.00. The molecule has 0 fully saturated rings. The average Bonchev–Trinajstić information content (AvgIpc) is 2.14. The zero-order valence-electron chi connectivity index (χ0n) is 8.51. The number of aliphatic hydroxyl groups is 1. The summed E-state index contributed by atoms with van der Waals surface area (Å²) in [7, 11) is -3.23. The summed E-state index contributed by atoms with van der Waals surface area (Å²) in [6, 6.07) is 7.23. The highest BCUT2D eigenvalue weighted by Crippen LogP contribution is 2.26. The Morgan fingerprint density at radius 2 is 2.00 bits per heavy atom. The van der Waals surface area contributed by atoms with Gasteiger partial charge in [0, 0.05) is 6.26 Å². The van der Waals surface area contributed by atoms with Crippen LogP contribution in [0, 0.1) is 6.92 Å². The Hall–Kier alpha value is -0.140. The topological polar surface area (TPSA) is 54.4 Å². The highest BCUT2D eigenvalue weighted by atomic mass is 127. The normalized spacial score (nSPS) is 16.0. The fraction of sp³-hybridized carbons (Fsp3) is 0.400. The molecule has 1 aromatic carbocycles. The Morgan fingerprint density at radius 1 is 1.40 bits per heavy atom. The van der Waals surface area contributed by atoms with E-state index in [4.69, 9.17) is 0 Å². The SMILES string of the molecule is Cc1cccc(C(O)C(I)S(C)(=O)=O)c1. The molecule has 15 heavy (non-hydrogen) atoms. The van der Waals surface area contributed by atoms with Gasteiger partial charge in [-0.1, -0.05) is 52.4 Å². The van der Waals surface area contributed by atoms with E-state index in [1.54, 1.807) is 40.8 Å². The Bertz CT molecular complexity index is 442. The minimum Gasteiger partial charge on any atom is -0.386 e. The first-order chi connectivity index (χ1) is 6.82. The van der Waals surface area contributed by atoms with Crippen LogP contribution < -0.4 is 0 Å². The summed E-state index contributed by atoms with van der Waals surface area (Å²) in [5.74, 6) is 0. The molecule has 0 saturated carbocycles. The summed E-state index contributed by atoms with van der Waals surface area (Å²) in [4.78, 5) is 0. The lowest BCUT2D eigenvalue weighted by Crippen LogP contribution is -2.21. The van der Waals surface area contributed by atoms with Crippen molar-refractivity contribution in [3.8, 4) is 0 Å². The van der Waals surface area contributed by atoms with Crippen LogP contribution in [0.3, 0.4) is 0 Å². The molecule has 2 unspecified atom stereocenters. The fourth-order valence-electron chi connectivity index (χ4n) is 1.24. The molecular weight excluding hydrogens is 327 g/mol. The predicted octanol–water partition coefficient (Wildman–Crippen LogP) is 1.83. The molecule has 1 rings (SSSR count). The van der Waals surface area contributed by atoms with Gasteiger partial charge in [-0.2, -0.15) is 0 Å². The summed E-state index contributed by atoms with van der Waals surface area (Å²) in [6.45, 7) is 1.90. The molecule has 0 radical (unpaired) electrons. The molecule has 0 aliphatic rings. The van der Waals surface area contributed by atoms with Gasteiger partial charge in [-0.15, -0.1) is 0 Å². The van der Waals surface area contributed by atoms with Crippen molar-refractivity contribution in [2.75, 3.05) is 6.26 Å². The highest BCUT2D eigenvalue weighted by molar-refractivity contribution is 14.1. The number of hydrogen-bond donors (Lipinski definition) is 1. The Kier molecular flexibility index (Phi) is 4.13. The Morgan fingerprint density at radius 3 is 2.47 bits per heavy atom. The summed E-state index contributed by atoms with van der Waals surface area (Å²) in [6.07, 6.45) is 0.156. The second-order valence-corrected chi connectivity index (χ2v) is 7.89. The monoisotopic (exact) mass is 340 g/mol. The number of alkyl halides is 1. The third-order valence-electron chi connectivity index (χ3n) is 2.04. The second-order valence-electron chi connectivity index (χ2n) is 3.54. The molecule has 0 amide bonds. The smallest absolute Gasteiger partial charge is 0.162 e. The molecule has 3 nitrogen and oxygen atoms in total. The molecule has 0 aromatic heterocycles. The van der Waals surface area contributed by atoms with Crippen LogP contribution in [0.1, 0.15) is 17.2 Å². The van der Waals surface area contributed by atoms with Crippen LogP contribution in [0.4, 0.5) is 0 Å². The number of halogens is 1. The third-order valence-corrected chi connectivity index (χ3v) is 6.57. The maximum absolute atomic E-state index is 11.3. The predicted molar refractivity (Wildman–Crippen MR) is 68.8 cm³/mol. The van der Waals surface area contributed by atoms with Crippen molar-refractivity contribution < 1.29 is 13.5 Å². The zero-order valence-corrected chi connectivity index (χ0v) is 11.5. The van der Waals surface area contributed by atoms with Crippen LogP contribution in [0.25, 0.3) is 0 Å². The number of sulfone groups is 1. The molecule has 5 heteroatoms. The van der Waals surface area contributed by atoms with Gasteiger partial charge in [0.05, 0.1) is 0 Å². The van der Waals surface area contributed by atoms with E-state index in [2.05, 4.69) is 0 Å². The van der Waals surface area contributed by atoms with Gasteiger partial charge in [-0.3, -0.25) is 0 Å². The van der Waals surface area contributed by atoms with Gasteiger partial charge in [-0.05, 0) is 12.5 Å². The molecule has 0 heterocycles. The summed E-state index contributed by atoms with van der Waals surface area (Å²) in [5.41, 5.74) is 1.64. The standard InChI is InChI=1S/C10H13IO3S/c1-7-4-3-5-8(6-7)9(12)10(11)15(2,13)14/h3-6,9-10,12H,1-2H3. The van der Waals surface area contributed by atoms with E-state index >= 15 is 0 Å². The van der Waals surface area contributed by atoms with E-state index in [0.29, 0.717) is 5.56 Å². The summed E-state index contributed by atoms with van der Waals surface area (Å²) >= 11 is 1.75. The van der Waals surface area contributed by atoms with E-state index < -0.39 is 19.2 Å². The van der Waals surface area contributed by atoms with E-state index in [9.17, 15) is 13.5 Å². The lowest BCUT2D eigenvalue weighted by atomic mass is 10.1. The molecule has 0 saturated heterocycles. The maximum atomic E-state index is 11.3. The third kappa shape index (κ3) is 3.42. The van der Waals surface area contributed by atoms with Crippen molar-refractivity contribution in [3.63, 3.8) is 0 Å². The number of hydrogen-bond acceptors (Lipinski definition) is 3. The van der Waals surface area contributed by atoms with Gasteiger partial charge in [0.25, 0.3) is 0 Å². The summed E-state index contributed by atoms with van der Waals surface area (Å²) in [5, 5.41) is 9.86. The van der Waals surface area contributed by atoms with Crippen molar-refractivity contribution in [2.45, 2.75) is 16.3 Å². The highest BCUT2D eigenvalue weighted by Gasteiger charge is 2.26. The molecule has 0 spiro atoms. The van der Waals surface area contributed by atoms with Gasteiger partial charge in [0.1, 0.15) is 9.36 Å². The molecule has 1 aromatic rings. The molecule has 2 atom stereocenters. The Labute approximate surface area is 104 Å². The molecule has 1 N–H and O–H groups in total. The molecule has 0 bridgehead atoms. The van der Waals surface area contributed by atoms with Gasteiger partial charge in [0.15, 0.2) is 9.84 Å². The molecule has 0 aliphatic carbocycles. The lowest BCUT2D eigenvalue weighted by molar-refractivity contribution is 0.197. The zero-order chi connectivity index (χ0) is 11.6. The number of aliphatic hydroxyl groups excluding tert-OH is 1. The van der Waals surface area contributed by atoms with Crippen LogP contribution in [0.2, 0.25) is 0 Å². The second kappa shape index (κ2) is 4.80. The number of benzene rings is 1. The molecular formula is C10H13IO3S. The minimum atomic E-state index is -3.23. The van der Waals surface area contributed by atoms with Gasteiger partial charge in [-0.25, -0.2) is 8.42 Å². The van der Waals surface area contributed by atoms with Crippen LogP contribution >= 0.6 is 22.6 Å². The lowest BCUT2D eigenvalue weighted by Gasteiger charge is -2.16. The maximum Gasteiger partial charge on any atom is 0.162 e. The van der Waals surface area contributed by atoms with E-state index in [1.807, 2.05) is 13.0 Å². The largest absolute Gasteiger partial charge is 0.386 e. The summed E-state index contributed by atoms with van der Waals surface area (Å²) < 4.78 is 21.7.